The lowest BCUT2D eigenvalue weighted by atomic mass is 10.0. The Morgan fingerprint density at radius 1 is 1.41 bits per heavy atom. The molecule has 0 radical (unpaired) electrons. The number of aryl methyl sites for hydroxylation is 1. The van der Waals surface area contributed by atoms with E-state index in [1.54, 1.807) is 24.7 Å². The topological polar surface area (TPSA) is 79.7 Å². The van der Waals surface area contributed by atoms with Gasteiger partial charge >= 0.3 is 0 Å². The number of hydrogen-bond acceptors (Lipinski definition) is 6. The van der Waals surface area contributed by atoms with Crippen molar-refractivity contribution in [3.8, 4) is 0 Å². The SMILES string of the molecule is CS(=O)(=O)OC[C@H]1CO[C@](CCc2ccc(Cl)cc2Cl)(Cn2ccnc2)O1. The van der Waals surface area contributed by atoms with Crippen LogP contribution in [0.2, 0.25) is 10.0 Å². The summed E-state index contributed by atoms with van der Waals surface area (Å²) in [5, 5.41) is 1.15. The molecule has 1 aliphatic rings. The number of halogens is 2. The number of ether oxygens (including phenoxy) is 2. The maximum Gasteiger partial charge on any atom is 0.264 e. The van der Waals surface area contributed by atoms with Crippen LogP contribution in [0.15, 0.2) is 36.9 Å². The minimum atomic E-state index is -3.54. The average Bonchev–Trinajstić information content (AvgIpc) is 3.22. The lowest BCUT2D eigenvalue weighted by molar-refractivity contribution is -0.184. The van der Waals surface area contributed by atoms with E-state index in [4.69, 9.17) is 36.9 Å². The first kappa shape index (κ1) is 20.6. The van der Waals surface area contributed by atoms with Crippen LogP contribution in [0, 0.1) is 0 Å². The molecule has 0 unspecified atom stereocenters. The molecule has 2 heterocycles. The van der Waals surface area contributed by atoms with Crippen molar-refractivity contribution in [1.82, 2.24) is 9.55 Å². The zero-order chi connectivity index (χ0) is 19.5. The van der Waals surface area contributed by atoms with Gasteiger partial charge in [-0.3, -0.25) is 4.18 Å². The van der Waals surface area contributed by atoms with E-state index in [0.717, 1.165) is 11.8 Å². The van der Waals surface area contributed by atoms with Gasteiger partial charge in [-0.05, 0) is 24.1 Å². The minimum Gasteiger partial charge on any atom is -0.345 e. The third-order valence-electron chi connectivity index (χ3n) is 4.15. The molecular weight excluding hydrogens is 415 g/mol. The van der Waals surface area contributed by atoms with Crippen molar-refractivity contribution >= 4 is 33.3 Å². The van der Waals surface area contributed by atoms with Crippen molar-refractivity contribution in [2.45, 2.75) is 31.3 Å². The predicted molar refractivity (Wildman–Crippen MR) is 101 cm³/mol. The van der Waals surface area contributed by atoms with Gasteiger partial charge in [0.05, 0.1) is 32.3 Å². The molecule has 0 N–H and O–H groups in total. The molecule has 1 saturated heterocycles. The predicted octanol–water partition coefficient (Wildman–Crippen LogP) is 2.91. The normalized spacial score (nSPS) is 23.0. The van der Waals surface area contributed by atoms with Crippen LogP contribution in [-0.2, 0) is 36.7 Å². The molecule has 27 heavy (non-hydrogen) atoms. The molecule has 7 nitrogen and oxygen atoms in total. The molecule has 2 atom stereocenters. The van der Waals surface area contributed by atoms with E-state index in [9.17, 15) is 8.42 Å². The summed E-state index contributed by atoms with van der Waals surface area (Å²) in [7, 11) is -3.54. The van der Waals surface area contributed by atoms with Gasteiger partial charge in [0.1, 0.15) is 6.10 Å². The Labute approximate surface area is 168 Å². The Kier molecular flexibility index (Phi) is 6.45. The number of aromatic nitrogens is 2. The summed E-state index contributed by atoms with van der Waals surface area (Å²) in [4.78, 5) is 4.04. The molecule has 0 spiro atoms. The number of benzene rings is 1. The van der Waals surface area contributed by atoms with Gasteiger partial charge in [-0.1, -0.05) is 29.3 Å². The van der Waals surface area contributed by atoms with Gasteiger partial charge in [-0.15, -0.1) is 0 Å². The molecule has 1 fully saturated rings. The maximum atomic E-state index is 11.2. The molecule has 0 saturated carbocycles. The number of nitrogens with zero attached hydrogens (tertiary/aromatic N) is 2. The van der Waals surface area contributed by atoms with Gasteiger partial charge in [0.25, 0.3) is 10.1 Å². The van der Waals surface area contributed by atoms with Crippen molar-refractivity contribution in [2.75, 3.05) is 19.5 Å². The Hall–Kier alpha value is -1.16. The van der Waals surface area contributed by atoms with E-state index in [0.29, 0.717) is 29.4 Å². The molecule has 2 aromatic rings. The van der Waals surface area contributed by atoms with Crippen molar-refractivity contribution in [3.63, 3.8) is 0 Å². The number of imidazole rings is 1. The first-order valence-electron chi connectivity index (χ1n) is 8.31. The maximum absolute atomic E-state index is 11.2. The van der Waals surface area contributed by atoms with Crippen LogP contribution in [-0.4, -0.2) is 49.3 Å². The van der Waals surface area contributed by atoms with Gasteiger partial charge in [0.15, 0.2) is 5.79 Å². The van der Waals surface area contributed by atoms with E-state index < -0.39 is 22.0 Å². The highest BCUT2D eigenvalue weighted by molar-refractivity contribution is 7.85. The minimum absolute atomic E-state index is 0.0911. The Morgan fingerprint density at radius 2 is 2.22 bits per heavy atom. The molecular formula is C17H20Cl2N2O5S. The van der Waals surface area contributed by atoms with Crippen LogP contribution in [0.25, 0.3) is 0 Å². The molecule has 10 heteroatoms. The van der Waals surface area contributed by atoms with E-state index in [1.807, 2.05) is 16.8 Å². The molecule has 3 rings (SSSR count). The highest BCUT2D eigenvalue weighted by Gasteiger charge is 2.42. The molecule has 1 aliphatic heterocycles. The molecule has 0 aliphatic carbocycles. The van der Waals surface area contributed by atoms with Crippen LogP contribution in [0.4, 0.5) is 0 Å². The quantitative estimate of drug-likeness (QED) is 0.594. The van der Waals surface area contributed by atoms with Crippen molar-refractivity contribution in [1.29, 1.82) is 0 Å². The zero-order valence-electron chi connectivity index (χ0n) is 14.7. The first-order valence-corrected chi connectivity index (χ1v) is 10.9. The van der Waals surface area contributed by atoms with Crippen molar-refractivity contribution in [3.05, 3.63) is 52.5 Å². The van der Waals surface area contributed by atoms with Crippen LogP contribution >= 0.6 is 23.2 Å². The van der Waals surface area contributed by atoms with Gasteiger partial charge in [0.2, 0.25) is 0 Å². The van der Waals surface area contributed by atoms with E-state index in [1.165, 1.54) is 0 Å². The van der Waals surface area contributed by atoms with E-state index in [-0.39, 0.29) is 13.2 Å². The largest absolute Gasteiger partial charge is 0.345 e. The first-order chi connectivity index (χ1) is 12.7. The summed E-state index contributed by atoms with van der Waals surface area (Å²) in [5.74, 6) is -0.935. The second-order valence-corrected chi connectivity index (χ2v) is 8.91. The monoisotopic (exact) mass is 434 g/mol. The fourth-order valence-electron chi connectivity index (χ4n) is 2.90. The lowest BCUT2D eigenvalue weighted by Crippen LogP contribution is -2.37. The smallest absolute Gasteiger partial charge is 0.264 e. The third kappa shape index (κ3) is 5.91. The van der Waals surface area contributed by atoms with Crippen molar-refractivity contribution in [2.24, 2.45) is 0 Å². The van der Waals surface area contributed by atoms with Crippen molar-refractivity contribution < 1.29 is 22.1 Å². The van der Waals surface area contributed by atoms with Gasteiger partial charge < -0.3 is 14.0 Å². The Bertz CT molecular complexity index is 875. The standard InChI is InChI=1S/C17H20Cl2N2O5S/c1-27(22,23)25-10-15-9-24-17(26-15,11-21-7-6-20-12-21)5-4-13-2-3-14(18)8-16(13)19/h2-3,6-8,12,15H,4-5,9-11H2,1H3/t15-,17+/m1/s1. The summed E-state index contributed by atoms with van der Waals surface area (Å²) < 4.78 is 41.2. The Balaban J connectivity index is 1.71. The molecule has 1 aromatic carbocycles. The van der Waals surface area contributed by atoms with Crippen LogP contribution in [0.3, 0.4) is 0 Å². The second-order valence-electron chi connectivity index (χ2n) is 6.42. The van der Waals surface area contributed by atoms with E-state index in [2.05, 4.69) is 4.98 Å². The Morgan fingerprint density at radius 3 is 2.89 bits per heavy atom. The van der Waals surface area contributed by atoms with Gasteiger partial charge in [0, 0.05) is 28.9 Å². The highest BCUT2D eigenvalue weighted by atomic mass is 35.5. The van der Waals surface area contributed by atoms with Gasteiger partial charge in [-0.25, -0.2) is 4.98 Å². The molecule has 1 aromatic heterocycles. The van der Waals surface area contributed by atoms with Gasteiger partial charge in [-0.2, -0.15) is 8.42 Å². The molecule has 148 valence electrons. The molecule has 0 bridgehead atoms. The van der Waals surface area contributed by atoms with E-state index >= 15 is 0 Å². The van der Waals surface area contributed by atoms with Crippen LogP contribution in [0.1, 0.15) is 12.0 Å². The summed E-state index contributed by atoms with van der Waals surface area (Å²) >= 11 is 12.2. The summed E-state index contributed by atoms with van der Waals surface area (Å²) in [6, 6.07) is 5.35. The summed E-state index contributed by atoms with van der Waals surface area (Å²) in [6.45, 7) is 0.554. The summed E-state index contributed by atoms with van der Waals surface area (Å²) in [5.41, 5.74) is 0.925. The fraction of sp³-hybridized carbons (Fsp3) is 0.471. The van der Waals surface area contributed by atoms with Crippen LogP contribution in [0.5, 0.6) is 0 Å². The summed E-state index contributed by atoms with van der Waals surface area (Å²) in [6.07, 6.45) is 6.79. The number of rotatable bonds is 8. The molecule has 0 amide bonds. The highest BCUT2D eigenvalue weighted by Crippen LogP contribution is 2.32. The van der Waals surface area contributed by atoms with Crippen LogP contribution < -0.4 is 0 Å². The third-order valence-corrected chi connectivity index (χ3v) is 5.31. The zero-order valence-corrected chi connectivity index (χ0v) is 17.0. The lowest BCUT2D eigenvalue weighted by Gasteiger charge is -2.28. The number of hydrogen-bond donors (Lipinski definition) is 0. The average molecular weight is 435 g/mol. The second kappa shape index (κ2) is 8.46. The fourth-order valence-corrected chi connectivity index (χ4v) is 3.80.